The minimum atomic E-state index is -1.31. The van der Waals surface area contributed by atoms with E-state index in [0.29, 0.717) is 17.6 Å². The fraction of sp³-hybridized carbons (Fsp3) is 0.667. The number of carbonyl (C=O) groups is 1. The van der Waals surface area contributed by atoms with Gasteiger partial charge in [-0.25, -0.2) is 0 Å². The van der Waals surface area contributed by atoms with Crippen LogP contribution in [0.15, 0.2) is 22.8 Å². The van der Waals surface area contributed by atoms with E-state index in [1.165, 1.54) is 13.0 Å². The molecule has 0 unspecified atom stereocenters. The fourth-order valence-corrected chi connectivity index (χ4v) is 2.18. The van der Waals surface area contributed by atoms with E-state index in [0.717, 1.165) is 5.57 Å². The van der Waals surface area contributed by atoms with E-state index in [4.69, 9.17) is 0 Å². The monoisotopic (exact) mass is 268 g/mol. The Hall–Kier alpha value is -0.970. The SMILES string of the molecule is CC(C)=C1C[C@H](O)[C@@](C)(O)CC[C@@H](O)/C(C)=C\C1=O. The molecule has 3 atom stereocenters. The summed E-state index contributed by atoms with van der Waals surface area (Å²) in [4.78, 5) is 12.1. The highest BCUT2D eigenvalue weighted by molar-refractivity contribution is 6.04. The van der Waals surface area contributed by atoms with Crippen LogP contribution in [-0.2, 0) is 4.79 Å². The minimum Gasteiger partial charge on any atom is -0.390 e. The van der Waals surface area contributed by atoms with Crippen LogP contribution in [0.1, 0.15) is 47.0 Å². The molecule has 0 saturated carbocycles. The van der Waals surface area contributed by atoms with Gasteiger partial charge in [-0.15, -0.1) is 0 Å². The van der Waals surface area contributed by atoms with Crippen molar-refractivity contribution >= 4 is 5.78 Å². The number of hydrogen-bond donors (Lipinski definition) is 3. The topological polar surface area (TPSA) is 77.8 Å². The maximum atomic E-state index is 12.1. The number of allylic oxidation sites excluding steroid dienone is 2. The standard InChI is InChI=1S/C15H24O4/c1-9(2)11-8-14(18)15(4,19)6-5-12(16)10(3)7-13(11)17/h7,12,14,16,18-19H,5-6,8H2,1-4H3/b10-7-/t12-,14+,15+/m1/s1. The Balaban J connectivity index is 3.21. The molecule has 19 heavy (non-hydrogen) atoms. The highest BCUT2D eigenvalue weighted by atomic mass is 16.3. The highest BCUT2D eigenvalue weighted by Crippen LogP contribution is 2.27. The third kappa shape index (κ3) is 4.00. The van der Waals surface area contributed by atoms with Crippen LogP contribution in [-0.4, -0.2) is 38.9 Å². The zero-order valence-corrected chi connectivity index (χ0v) is 12.1. The van der Waals surface area contributed by atoms with Gasteiger partial charge in [0, 0.05) is 12.0 Å². The van der Waals surface area contributed by atoms with E-state index >= 15 is 0 Å². The van der Waals surface area contributed by atoms with Gasteiger partial charge in [0.1, 0.15) is 0 Å². The van der Waals surface area contributed by atoms with E-state index in [-0.39, 0.29) is 18.6 Å². The first kappa shape index (κ1) is 16.1. The van der Waals surface area contributed by atoms with Gasteiger partial charge in [-0.1, -0.05) is 5.57 Å². The summed E-state index contributed by atoms with van der Waals surface area (Å²) in [5.74, 6) is -0.201. The maximum absolute atomic E-state index is 12.1. The van der Waals surface area contributed by atoms with Crippen molar-refractivity contribution in [1.82, 2.24) is 0 Å². The molecule has 0 radical (unpaired) electrons. The van der Waals surface area contributed by atoms with Gasteiger partial charge in [0.15, 0.2) is 5.78 Å². The van der Waals surface area contributed by atoms with Crippen LogP contribution in [0, 0.1) is 0 Å². The van der Waals surface area contributed by atoms with Crippen LogP contribution >= 0.6 is 0 Å². The van der Waals surface area contributed by atoms with Crippen molar-refractivity contribution in [2.24, 2.45) is 0 Å². The number of aliphatic hydroxyl groups is 3. The van der Waals surface area contributed by atoms with Crippen molar-refractivity contribution in [3.05, 3.63) is 22.8 Å². The molecule has 4 nitrogen and oxygen atoms in total. The average Bonchev–Trinajstić information content (AvgIpc) is 2.30. The van der Waals surface area contributed by atoms with E-state index in [9.17, 15) is 20.1 Å². The van der Waals surface area contributed by atoms with Crippen LogP contribution in [0.3, 0.4) is 0 Å². The van der Waals surface area contributed by atoms with Crippen molar-refractivity contribution < 1.29 is 20.1 Å². The molecule has 0 amide bonds. The van der Waals surface area contributed by atoms with Crippen LogP contribution in [0.4, 0.5) is 0 Å². The lowest BCUT2D eigenvalue weighted by Crippen LogP contribution is -2.41. The van der Waals surface area contributed by atoms with E-state index in [1.54, 1.807) is 20.8 Å². The van der Waals surface area contributed by atoms with Gasteiger partial charge in [0.2, 0.25) is 0 Å². The normalized spacial score (nSPS) is 36.7. The van der Waals surface area contributed by atoms with Gasteiger partial charge in [0.25, 0.3) is 0 Å². The quantitative estimate of drug-likeness (QED) is 0.582. The Morgan fingerprint density at radius 1 is 1.37 bits per heavy atom. The largest absolute Gasteiger partial charge is 0.390 e. The molecule has 3 N–H and O–H groups in total. The molecule has 1 aliphatic rings. The molecule has 0 heterocycles. The summed E-state index contributed by atoms with van der Waals surface area (Å²) in [7, 11) is 0. The minimum absolute atomic E-state index is 0.133. The second kappa shape index (κ2) is 5.99. The van der Waals surface area contributed by atoms with Gasteiger partial charge in [0.05, 0.1) is 17.8 Å². The molecule has 1 aliphatic carbocycles. The smallest absolute Gasteiger partial charge is 0.181 e. The van der Waals surface area contributed by atoms with Crippen LogP contribution in [0.25, 0.3) is 0 Å². The highest BCUT2D eigenvalue weighted by Gasteiger charge is 2.33. The van der Waals surface area contributed by atoms with Crippen LogP contribution in [0.5, 0.6) is 0 Å². The van der Waals surface area contributed by atoms with Crippen molar-refractivity contribution in [1.29, 1.82) is 0 Å². The zero-order valence-electron chi connectivity index (χ0n) is 12.1. The molecule has 108 valence electrons. The predicted molar refractivity (Wildman–Crippen MR) is 73.6 cm³/mol. The second-order valence-electron chi connectivity index (χ2n) is 5.86. The van der Waals surface area contributed by atoms with Crippen LogP contribution in [0.2, 0.25) is 0 Å². The van der Waals surface area contributed by atoms with Crippen LogP contribution < -0.4 is 0 Å². The Morgan fingerprint density at radius 3 is 2.47 bits per heavy atom. The summed E-state index contributed by atoms with van der Waals surface area (Å²) in [5, 5.41) is 30.3. The summed E-state index contributed by atoms with van der Waals surface area (Å²) < 4.78 is 0. The third-order valence-corrected chi connectivity index (χ3v) is 3.82. The molecule has 0 aromatic rings. The summed E-state index contributed by atoms with van der Waals surface area (Å²) in [6.45, 7) is 6.86. The molecule has 0 fully saturated rings. The summed E-state index contributed by atoms with van der Waals surface area (Å²) >= 11 is 0. The van der Waals surface area contributed by atoms with E-state index < -0.39 is 17.8 Å². The number of rotatable bonds is 0. The molecule has 0 spiro atoms. The molecule has 0 aromatic heterocycles. The summed E-state index contributed by atoms with van der Waals surface area (Å²) in [6, 6.07) is 0. The third-order valence-electron chi connectivity index (χ3n) is 3.82. The Labute approximate surface area is 114 Å². The van der Waals surface area contributed by atoms with Gasteiger partial charge in [-0.05, 0) is 52.2 Å². The number of aliphatic hydroxyl groups excluding tert-OH is 2. The molecule has 0 saturated heterocycles. The average molecular weight is 268 g/mol. The lowest BCUT2D eigenvalue weighted by molar-refractivity contribution is -0.113. The molecule has 1 rings (SSSR count). The van der Waals surface area contributed by atoms with Crippen molar-refractivity contribution in [3.8, 4) is 0 Å². The number of carbonyl (C=O) groups excluding carboxylic acids is 1. The molecular formula is C15H24O4. The van der Waals surface area contributed by atoms with E-state index in [1.807, 2.05) is 0 Å². The predicted octanol–water partition coefficient (Wildman–Crippen LogP) is 1.49. The van der Waals surface area contributed by atoms with Gasteiger partial charge < -0.3 is 15.3 Å². The summed E-state index contributed by atoms with van der Waals surface area (Å²) in [6.07, 6.45) is 0.391. The Morgan fingerprint density at radius 2 is 1.95 bits per heavy atom. The molecule has 4 heteroatoms. The van der Waals surface area contributed by atoms with E-state index in [2.05, 4.69) is 0 Å². The molecule has 0 bridgehead atoms. The molecule has 0 aliphatic heterocycles. The molecular weight excluding hydrogens is 244 g/mol. The maximum Gasteiger partial charge on any atom is 0.181 e. The number of ketones is 1. The Bertz CT molecular complexity index is 414. The van der Waals surface area contributed by atoms with Crippen molar-refractivity contribution in [2.45, 2.75) is 64.8 Å². The first-order chi connectivity index (χ1) is 8.65. The first-order valence-corrected chi connectivity index (χ1v) is 6.62. The van der Waals surface area contributed by atoms with Gasteiger partial charge in [-0.3, -0.25) is 4.79 Å². The first-order valence-electron chi connectivity index (χ1n) is 6.62. The lowest BCUT2D eigenvalue weighted by atomic mass is 9.84. The van der Waals surface area contributed by atoms with Gasteiger partial charge in [-0.2, -0.15) is 0 Å². The molecule has 0 aromatic carbocycles. The van der Waals surface area contributed by atoms with Gasteiger partial charge >= 0.3 is 0 Å². The fourth-order valence-electron chi connectivity index (χ4n) is 2.18. The van der Waals surface area contributed by atoms with Crippen molar-refractivity contribution in [3.63, 3.8) is 0 Å². The zero-order chi connectivity index (χ0) is 14.8. The number of hydrogen-bond acceptors (Lipinski definition) is 4. The Kier molecular flexibility index (Phi) is 5.07. The summed E-state index contributed by atoms with van der Waals surface area (Å²) in [5.41, 5.74) is 0.607. The second-order valence-corrected chi connectivity index (χ2v) is 5.86. The van der Waals surface area contributed by atoms with Crippen molar-refractivity contribution in [2.75, 3.05) is 0 Å². The lowest BCUT2D eigenvalue weighted by Gasteiger charge is -2.31.